The van der Waals surface area contributed by atoms with E-state index in [1.807, 2.05) is 6.07 Å². The topological polar surface area (TPSA) is 84.7 Å². The summed E-state index contributed by atoms with van der Waals surface area (Å²) < 4.78 is 1.55. The van der Waals surface area contributed by atoms with Crippen LogP contribution in [0.1, 0.15) is 26.2 Å². The van der Waals surface area contributed by atoms with Gasteiger partial charge in [-0.05, 0) is 49.9 Å². The highest BCUT2D eigenvalue weighted by atomic mass is 35.5. The van der Waals surface area contributed by atoms with Crippen molar-refractivity contribution in [3.63, 3.8) is 0 Å². The van der Waals surface area contributed by atoms with Crippen molar-refractivity contribution in [1.82, 2.24) is 25.1 Å². The van der Waals surface area contributed by atoms with Crippen molar-refractivity contribution < 1.29 is 4.79 Å². The smallest absolute Gasteiger partial charge is 0.224 e. The van der Waals surface area contributed by atoms with Gasteiger partial charge >= 0.3 is 0 Å². The van der Waals surface area contributed by atoms with E-state index in [9.17, 15) is 4.79 Å². The van der Waals surface area contributed by atoms with Gasteiger partial charge in [-0.15, -0.1) is 24.8 Å². The summed E-state index contributed by atoms with van der Waals surface area (Å²) in [7, 11) is 0. The van der Waals surface area contributed by atoms with Crippen molar-refractivity contribution in [1.29, 1.82) is 0 Å². The molecule has 2 aromatic rings. The van der Waals surface area contributed by atoms with E-state index in [1.165, 1.54) is 6.33 Å². The molecule has 1 fully saturated rings. The number of anilines is 1. The quantitative estimate of drug-likeness (QED) is 0.824. The average molecular weight is 387 g/mol. The molecule has 0 aliphatic carbocycles. The van der Waals surface area contributed by atoms with Crippen molar-refractivity contribution in [3.8, 4) is 5.82 Å². The van der Waals surface area contributed by atoms with Crippen LogP contribution in [0.15, 0.2) is 31.0 Å². The van der Waals surface area contributed by atoms with Gasteiger partial charge in [-0.3, -0.25) is 4.79 Å². The second-order valence-corrected chi connectivity index (χ2v) is 6.03. The molecule has 2 N–H and O–H groups in total. The fraction of sp³-hybridized carbons (Fsp3) is 0.500. The van der Waals surface area contributed by atoms with E-state index in [0.717, 1.165) is 25.9 Å². The minimum Gasteiger partial charge on any atom is -0.323 e. The largest absolute Gasteiger partial charge is 0.323 e. The van der Waals surface area contributed by atoms with E-state index in [0.29, 0.717) is 29.8 Å². The molecule has 2 aromatic heterocycles. The van der Waals surface area contributed by atoms with Gasteiger partial charge in [0, 0.05) is 12.6 Å². The van der Waals surface area contributed by atoms with Gasteiger partial charge in [0.1, 0.15) is 12.7 Å². The molecule has 3 rings (SSSR count). The summed E-state index contributed by atoms with van der Waals surface area (Å²) >= 11 is 0. The van der Waals surface area contributed by atoms with Crippen LogP contribution >= 0.6 is 24.8 Å². The minimum atomic E-state index is 0. The fourth-order valence-electron chi connectivity index (χ4n) is 3.07. The van der Waals surface area contributed by atoms with Crippen LogP contribution < -0.4 is 10.6 Å². The number of nitrogens with one attached hydrogen (secondary N) is 2. The Labute approximate surface area is 159 Å². The fourth-order valence-corrected chi connectivity index (χ4v) is 3.07. The number of pyridine rings is 1. The number of hydrogen-bond donors (Lipinski definition) is 2. The van der Waals surface area contributed by atoms with Gasteiger partial charge in [-0.25, -0.2) is 14.6 Å². The Morgan fingerprint density at radius 2 is 2.16 bits per heavy atom. The van der Waals surface area contributed by atoms with Crippen LogP contribution in [-0.4, -0.2) is 38.7 Å². The third kappa shape index (κ3) is 5.66. The Kier molecular flexibility index (Phi) is 8.82. The predicted molar refractivity (Wildman–Crippen MR) is 102 cm³/mol. The first kappa shape index (κ1) is 21.3. The molecule has 1 atom stereocenters. The summed E-state index contributed by atoms with van der Waals surface area (Å²) in [6, 6.07) is 3.63. The lowest BCUT2D eigenvalue weighted by molar-refractivity contribution is -0.117. The number of halogens is 2. The first-order valence-corrected chi connectivity index (χ1v) is 8.04. The van der Waals surface area contributed by atoms with Crippen LogP contribution in [0.5, 0.6) is 0 Å². The maximum atomic E-state index is 12.4. The van der Waals surface area contributed by atoms with Gasteiger partial charge in [0.15, 0.2) is 5.82 Å². The van der Waals surface area contributed by atoms with E-state index in [2.05, 4.69) is 32.6 Å². The van der Waals surface area contributed by atoms with Gasteiger partial charge in [-0.2, -0.15) is 5.10 Å². The predicted octanol–water partition coefficient (Wildman–Crippen LogP) is 2.47. The summed E-state index contributed by atoms with van der Waals surface area (Å²) in [6.45, 7) is 4.27. The maximum absolute atomic E-state index is 12.4. The Morgan fingerprint density at radius 1 is 1.40 bits per heavy atom. The van der Waals surface area contributed by atoms with Gasteiger partial charge in [0.2, 0.25) is 5.91 Å². The van der Waals surface area contributed by atoms with Gasteiger partial charge in [0.05, 0.1) is 5.69 Å². The zero-order valence-electron chi connectivity index (χ0n) is 14.1. The normalized spacial score (nSPS) is 15.6. The number of carbonyl (C=O) groups is 1. The van der Waals surface area contributed by atoms with Gasteiger partial charge in [-0.1, -0.05) is 6.92 Å². The van der Waals surface area contributed by atoms with Crippen LogP contribution in [0.25, 0.3) is 5.82 Å². The number of amides is 1. The van der Waals surface area contributed by atoms with E-state index < -0.39 is 0 Å². The number of carbonyl (C=O) groups excluding carboxylic acids is 1. The standard InChI is InChI=1S/C16H22N6O.2ClH/c1-12(13-4-7-17-8-5-13)9-15(23)21-14-3-2-6-19-16(14)22-11-18-10-20-22;;/h2-3,6,10-13,17H,4-5,7-9H2,1H3,(H,21,23);2*1H. The number of piperidine rings is 1. The van der Waals surface area contributed by atoms with Crippen LogP contribution in [-0.2, 0) is 4.79 Å². The lowest BCUT2D eigenvalue weighted by atomic mass is 9.84. The average Bonchev–Trinajstić information content (AvgIpc) is 3.10. The van der Waals surface area contributed by atoms with Gasteiger partial charge in [0.25, 0.3) is 0 Å². The Hall–Kier alpha value is -1.70. The second kappa shape index (κ2) is 10.3. The zero-order valence-corrected chi connectivity index (χ0v) is 15.7. The van der Waals surface area contributed by atoms with E-state index in [1.54, 1.807) is 23.3 Å². The number of rotatable bonds is 5. The zero-order chi connectivity index (χ0) is 16.1. The number of nitrogens with zero attached hydrogens (tertiary/aromatic N) is 4. The molecule has 138 valence electrons. The van der Waals surface area contributed by atoms with E-state index in [4.69, 9.17) is 0 Å². The van der Waals surface area contributed by atoms with Crippen molar-refractivity contribution in [2.24, 2.45) is 11.8 Å². The molecule has 9 heteroatoms. The lowest BCUT2D eigenvalue weighted by Crippen LogP contribution is -2.32. The molecule has 0 saturated carbocycles. The van der Waals surface area contributed by atoms with E-state index >= 15 is 0 Å². The van der Waals surface area contributed by atoms with Crippen LogP contribution in [0.2, 0.25) is 0 Å². The molecule has 0 radical (unpaired) electrons. The van der Waals surface area contributed by atoms with Crippen molar-refractivity contribution in [2.75, 3.05) is 18.4 Å². The van der Waals surface area contributed by atoms with Gasteiger partial charge < -0.3 is 10.6 Å². The molecule has 7 nitrogen and oxygen atoms in total. The molecule has 3 heterocycles. The maximum Gasteiger partial charge on any atom is 0.224 e. The van der Waals surface area contributed by atoms with Crippen LogP contribution in [0.3, 0.4) is 0 Å². The minimum absolute atomic E-state index is 0. The first-order valence-electron chi connectivity index (χ1n) is 8.04. The summed E-state index contributed by atoms with van der Waals surface area (Å²) in [5.41, 5.74) is 0.653. The van der Waals surface area contributed by atoms with Crippen molar-refractivity contribution in [2.45, 2.75) is 26.2 Å². The summed E-state index contributed by atoms with van der Waals surface area (Å²) in [6.07, 6.45) is 7.49. The molecule has 0 spiro atoms. The molecule has 1 aliphatic heterocycles. The molecule has 0 bridgehead atoms. The Balaban J connectivity index is 0.00000156. The highest BCUT2D eigenvalue weighted by molar-refractivity contribution is 5.92. The van der Waals surface area contributed by atoms with Crippen molar-refractivity contribution in [3.05, 3.63) is 31.0 Å². The first-order chi connectivity index (χ1) is 11.2. The summed E-state index contributed by atoms with van der Waals surface area (Å²) in [5, 5.41) is 10.4. The lowest BCUT2D eigenvalue weighted by Gasteiger charge is -2.27. The molecule has 1 aliphatic rings. The van der Waals surface area contributed by atoms with Crippen LogP contribution in [0.4, 0.5) is 5.69 Å². The second-order valence-electron chi connectivity index (χ2n) is 6.03. The third-order valence-electron chi connectivity index (χ3n) is 4.39. The number of aromatic nitrogens is 4. The summed E-state index contributed by atoms with van der Waals surface area (Å²) in [4.78, 5) is 20.6. The molecule has 0 aromatic carbocycles. The van der Waals surface area contributed by atoms with E-state index in [-0.39, 0.29) is 30.7 Å². The van der Waals surface area contributed by atoms with Crippen LogP contribution in [0, 0.1) is 11.8 Å². The summed E-state index contributed by atoms with van der Waals surface area (Å²) in [5.74, 6) is 1.59. The molecule has 1 saturated heterocycles. The highest BCUT2D eigenvalue weighted by Crippen LogP contribution is 2.25. The molecule has 25 heavy (non-hydrogen) atoms. The molecular weight excluding hydrogens is 363 g/mol. The molecular formula is C16H24Cl2N6O. The highest BCUT2D eigenvalue weighted by Gasteiger charge is 2.22. The number of hydrogen-bond acceptors (Lipinski definition) is 5. The molecule has 1 unspecified atom stereocenters. The Morgan fingerprint density at radius 3 is 2.84 bits per heavy atom. The monoisotopic (exact) mass is 386 g/mol. The molecule has 1 amide bonds. The van der Waals surface area contributed by atoms with Crippen molar-refractivity contribution >= 4 is 36.4 Å². The Bertz CT molecular complexity index is 646. The SMILES string of the molecule is CC(CC(=O)Nc1cccnc1-n1cncn1)C1CCNCC1.Cl.Cl. The third-order valence-corrected chi connectivity index (χ3v) is 4.39.